The van der Waals surface area contributed by atoms with Crippen LogP contribution in [0.2, 0.25) is 0 Å². The maximum Gasteiger partial charge on any atom is 0.109 e. The van der Waals surface area contributed by atoms with Crippen molar-refractivity contribution in [3.8, 4) is 0 Å². The highest BCUT2D eigenvalue weighted by Crippen LogP contribution is 1.63. The Morgan fingerprint density at radius 2 is 2.40 bits per heavy atom. The molecule has 0 N–H and O–H groups in total. The van der Waals surface area contributed by atoms with Gasteiger partial charge in [0.05, 0.1) is 6.54 Å². The highest BCUT2D eigenvalue weighted by atomic mass is 19.1. The van der Waals surface area contributed by atoms with Crippen LogP contribution in [0.25, 0.3) is 0 Å². The van der Waals surface area contributed by atoms with Crippen LogP contribution in [-0.4, -0.2) is 19.9 Å². The van der Waals surface area contributed by atoms with Gasteiger partial charge in [-0.15, -0.1) is 0 Å². The summed E-state index contributed by atoms with van der Waals surface area (Å²) in [4.78, 5) is 3.23. The maximum atomic E-state index is 10.9. The molecule has 0 aromatic carbocycles. The summed E-state index contributed by atoms with van der Waals surface area (Å²) in [5.41, 5.74) is 0. The summed E-state index contributed by atoms with van der Waals surface area (Å²) in [5.74, 6) is 0. The van der Waals surface area contributed by atoms with Gasteiger partial charge in [0.15, 0.2) is 0 Å². The number of halogens is 1. The summed E-state index contributed by atoms with van der Waals surface area (Å²) in [6.45, 7) is 2.91. The van der Waals surface area contributed by atoms with Gasteiger partial charge in [0, 0.05) is 0 Å². The van der Waals surface area contributed by atoms with Crippen molar-refractivity contribution in [1.82, 2.24) is 0 Å². The van der Waals surface area contributed by atoms with Gasteiger partial charge in [-0.3, -0.25) is 4.99 Å². The highest BCUT2D eigenvalue weighted by Gasteiger charge is 1.65. The van der Waals surface area contributed by atoms with Crippen LogP contribution >= 0.6 is 0 Å². The van der Waals surface area contributed by atoms with E-state index in [2.05, 4.69) is 11.7 Å². The van der Waals surface area contributed by atoms with E-state index in [1.54, 1.807) is 0 Å². The van der Waals surface area contributed by atoms with E-state index < -0.39 is 0 Å². The zero-order chi connectivity index (χ0) is 4.12. The predicted octanol–water partition coefficient (Wildman–Crippen LogP) is 0.657. The fourth-order valence-corrected chi connectivity index (χ4v) is 0.0598. The van der Waals surface area contributed by atoms with E-state index in [1.165, 1.54) is 0 Å². The number of hydrogen-bond acceptors (Lipinski definition) is 1. The summed E-state index contributed by atoms with van der Waals surface area (Å²) in [7, 11) is 0. The zero-order valence-electron chi connectivity index (χ0n) is 2.95. The molecule has 1 nitrogen and oxygen atoms in total. The molecule has 0 radical (unpaired) electrons. The van der Waals surface area contributed by atoms with E-state index in [4.69, 9.17) is 0 Å². The molecule has 0 spiro atoms. The van der Waals surface area contributed by atoms with E-state index in [0.717, 1.165) is 0 Å². The Balaban J connectivity index is 2.40. The van der Waals surface area contributed by atoms with E-state index >= 15 is 0 Å². The third-order valence-corrected chi connectivity index (χ3v) is 0.243. The standard InChI is InChI=1S/C3H6FN/c1-5-3-2-4/h1-3H2. The number of rotatable bonds is 2. The Bertz CT molecular complexity index is 28.1. The number of nitrogens with zero attached hydrogens (tertiary/aromatic N) is 1. The van der Waals surface area contributed by atoms with Gasteiger partial charge in [0.2, 0.25) is 0 Å². The minimum atomic E-state index is -0.385. The number of alkyl halides is 1. The van der Waals surface area contributed by atoms with Gasteiger partial charge in [0.1, 0.15) is 6.67 Å². The molecule has 0 unspecified atom stereocenters. The summed E-state index contributed by atoms with van der Waals surface area (Å²) in [6.07, 6.45) is 0. The molecule has 0 fully saturated rings. The first-order chi connectivity index (χ1) is 2.41. The third kappa shape index (κ3) is 3.60. The van der Waals surface area contributed by atoms with Crippen LogP contribution in [0.5, 0.6) is 0 Å². The Morgan fingerprint density at radius 1 is 1.80 bits per heavy atom. The molecule has 0 atom stereocenters. The largest absolute Gasteiger partial charge is 0.298 e. The third-order valence-electron chi connectivity index (χ3n) is 0.243. The lowest BCUT2D eigenvalue weighted by molar-refractivity contribution is 0.505. The molecule has 0 amide bonds. The molecule has 0 aromatic heterocycles. The van der Waals surface area contributed by atoms with E-state index in [0.29, 0.717) is 0 Å². The Morgan fingerprint density at radius 3 is 2.40 bits per heavy atom. The topological polar surface area (TPSA) is 12.4 Å². The lowest BCUT2D eigenvalue weighted by Gasteiger charge is -1.71. The number of hydrogen-bond donors (Lipinski definition) is 0. The molecule has 30 valence electrons. The average Bonchev–Trinajstić information content (AvgIpc) is 1.41. The van der Waals surface area contributed by atoms with Crippen molar-refractivity contribution in [2.75, 3.05) is 13.2 Å². The monoisotopic (exact) mass is 75.0 g/mol. The van der Waals surface area contributed by atoms with E-state index in [-0.39, 0.29) is 13.2 Å². The smallest absolute Gasteiger partial charge is 0.109 e. The first-order valence-electron chi connectivity index (χ1n) is 1.40. The summed E-state index contributed by atoms with van der Waals surface area (Å²) < 4.78 is 10.9. The van der Waals surface area contributed by atoms with Crippen LogP contribution in [0.3, 0.4) is 0 Å². The summed E-state index contributed by atoms with van der Waals surface area (Å²) in [5, 5.41) is 0. The van der Waals surface area contributed by atoms with Gasteiger partial charge in [-0.2, -0.15) is 0 Å². The zero-order valence-corrected chi connectivity index (χ0v) is 2.95. The molecule has 0 aliphatic rings. The summed E-state index contributed by atoms with van der Waals surface area (Å²) >= 11 is 0. The van der Waals surface area contributed by atoms with Crippen molar-refractivity contribution in [2.45, 2.75) is 0 Å². The second-order valence-corrected chi connectivity index (χ2v) is 0.636. The Kier molecular flexibility index (Phi) is 3.31. The molecule has 0 rings (SSSR count). The fraction of sp³-hybridized carbons (Fsp3) is 0.667. The van der Waals surface area contributed by atoms with Crippen molar-refractivity contribution in [1.29, 1.82) is 0 Å². The van der Waals surface area contributed by atoms with Gasteiger partial charge in [-0.1, -0.05) is 0 Å². The minimum absolute atomic E-state index is 0.236. The molecule has 0 heterocycles. The van der Waals surface area contributed by atoms with Crippen molar-refractivity contribution < 1.29 is 4.39 Å². The lowest BCUT2D eigenvalue weighted by atomic mass is 10.8. The molecular formula is C3H6FN. The van der Waals surface area contributed by atoms with Gasteiger partial charge in [0.25, 0.3) is 0 Å². The first kappa shape index (κ1) is 4.60. The quantitative estimate of drug-likeness (QED) is 0.427. The van der Waals surface area contributed by atoms with Crippen molar-refractivity contribution in [3.05, 3.63) is 0 Å². The van der Waals surface area contributed by atoms with Crippen molar-refractivity contribution in [3.63, 3.8) is 0 Å². The number of aliphatic imine (C=N–C) groups is 1. The molecule has 0 aromatic rings. The van der Waals surface area contributed by atoms with Crippen LogP contribution in [0.1, 0.15) is 0 Å². The van der Waals surface area contributed by atoms with Gasteiger partial charge in [-0.05, 0) is 6.72 Å². The average molecular weight is 75.1 g/mol. The highest BCUT2D eigenvalue weighted by molar-refractivity contribution is 5.22. The normalized spacial score (nSPS) is 7.40. The molecule has 0 saturated carbocycles. The van der Waals surface area contributed by atoms with Crippen molar-refractivity contribution >= 4 is 6.72 Å². The van der Waals surface area contributed by atoms with Gasteiger partial charge < -0.3 is 0 Å². The molecule has 5 heavy (non-hydrogen) atoms. The fourth-order valence-electron chi connectivity index (χ4n) is 0.0598. The summed E-state index contributed by atoms with van der Waals surface area (Å²) in [6, 6.07) is 0. The van der Waals surface area contributed by atoms with E-state index in [1.807, 2.05) is 0 Å². The Labute approximate surface area is 30.5 Å². The van der Waals surface area contributed by atoms with E-state index in [9.17, 15) is 4.39 Å². The molecular weight excluding hydrogens is 69.0 g/mol. The molecule has 0 saturated heterocycles. The molecule has 0 aliphatic carbocycles. The molecule has 0 bridgehead atoms. The SMILES string of the molecule is C=NCCF. The van der Waals surface area contributed by atoms with Crippen LogP contribution < -0.4 is 0 Å². The van der Waals surface area contributed by atoms with Crippen LogP contribution in [-0.2, 0) is 0 Å². The van der Waals surface area contributed by atoms with Gasteiger partial charge >= 0.3 is 0 Å². The van der Waals surface area contributed by atoms with Crippen LogP contribution in [0.4, 0.5) is 4.39 Å². The predicted molar refractivity (Wildman–Crippen MR) is 20.4 cm³/mol. The van der Waals surface area contributed by atoms with Crippen LogP contribution in [0, 0.1) is 0 Å². The molecule has 0 aliphatic heterocycles. The second-order valence-electron chi connectivity index (χ2n) is 0.636. The minimum Gasteiger partial charge on any atom is -0.298 e. The van der Waals surface area contributed by atoms with Crippen molar-refractivity contribution in [2.24, 2.45) is 4.99 Å². The lowest BCUT2D eigenvalue weighted by Crippen LogP contribution is -1.75. The second kappa shape index (κ2) is 3.60. The van der Waals surface area contributed by atoms with Crippen LogP contribution in [0.15, 0.2) is 4.99 Å². The Hall–Kier alpha value is -0.400. The maximum absolute atomic E-state index is 10.9. The first-order valence-corrected chi connectivity index (χ1v) is 1.40. The molecule has 2 heteroatoms. The van der Waals surface area contributed by atoms with Gasteiger partial charge in [-0.25, -0.2) is 4.39 Å².